The Balaban J connectivity index is 1.36. The maximum Gasteiger partial charge on any atom is 0.227 e. The Labute approximate surface area is 175 Å². The molecule has 4 rings (SSSR count). The molecule has 1 amide bonds. The van der Waals surface area contributed by atoms with Gasteiger partial charge in [-0.2, -0.15) is 0 Å². The van der Waals surface area contributed by atoms with Gasteiger partial charge in [-0.1, -0.05) is 41.9 Å². The van der Waals surface area contributed by atoms with E-state index in [9.17, 15) is 4.79 Å². The van der Waals surface area contributed by atoms with Crippen LogP contribution in [0.4, 0.5) is 5.69 Å². The van der Waals surface area contributed by atoms with E-state index in [1.165, 1.54) is 0 Å². The first-order valence-electron chi connectivity index (χ1n) is 9.84. The number of fused-ring (bicyclic) bond motifs is 1. The Bertz CT molecular complexity index is 1020. The van der Waals surface area contributed by atoms with Crippen LogP contribution in [0.5, 0.6) is 5.75 Å². The highest BCUT2D eigenvalue weighted by molar-refractivity contribution is 6.30. The molecule has 1 aromatic heterocycles. The highest BCUT2D eigenvalue weighted by Gasteiger charge is 2.26. The van der Waals surface area contributed by atoms with Gasteiger partial charge in [0.05, 0.1) is 18.3 Å². The monoisotopic (exact) mass is 409 g/mol. The van der Waals surface area contributed by atoms with Crippen molar-refractivity contribution in [1.82, 2.24) is 9.88 Å². The molecule has 0 unspecified atom stereocenters. The van der Waals surface area contributed by atoms with Crippen LogP contribution in [0, 0.1) is 5.92 Å². The molecule has 0 bridgehead atoms. The second-order valence-electron chi connectivity index (χ2n) is 7.37. The van der Waals surface area contributed by atoms with Gasteiger partial charge in [0, 0.05) is 23.4 Å². The lowest BCUT2D eigenvalue weighted by molar-refractivity contribution is -0.121. The number of nitrogens with one attached hydrogen (secondary N) is 1. The van der Waals surface area contributed by atoms with Crippen LogP contribution in [0.25, 0.3) is 10.9 Å². The number of likely N-dealkylation sites (tertiary alicyclic amines) is 1. The Morgan fingerprint density at radius 1 is 1.17 bits per heavy atom. The first-order valence-corrected chi connectivity index (χ1v) is 10.2. The number of piperidine rings is 1. The third-order valence-electron chi connectivity index (χ3n) is 5.47. The molecule has 1 aliphatic rings. The van der Waals surface area contributed by atoms with E-state index >= 15 is 0 Å². The van der Waals surface area contributed by atoms with Crippen molar-refractivity contribution in [2.45, 2.75) is 19.4 Å². The lowest BCUT2D eigenvalue weighted by atomic mass is 9.95. The number of para-hydroxylation sites is 3. The summed E-state index contributed by atoms with van der Waals surface area (Å²) in [5.41, 5.74) is 2.66. The molecule has 0 aliphatic carbocycles. The van der Waals surface area contributed by atoms with Gasteiger partial charge in [0.1, 0.15) is 10.9 Å². The first kappa shape index (κ1) is 19.7. The van der Waals surface area contributed by atoms with Crippen molar-refractivity contribution in [2.75, 3.05) is 25.5 Å². The van der Waals surface area contributed by atoms with Crippen molar-refractivity contribution >= 4 is 34.1 Å². The minimum absolute atomic E-state index is 0.00126. The highest BCUT2D eigenvalue weighted by atomic mass is 35.5. The van der Waals surface area contributed by atoms with Crippen molar-refractivity contribution in [3.63, 3.8) is 0 Å². The number of hydrogen-bond donors (Lipinski definition) is 1. The van der Waals surface area contributed by atoms with Crippen molar-refractivity contribution in [2.24, 2.45) is 5.92 Å². The molecule has 29 heavy (non-hydrogen) atoms. The summed E-state index contributed by atoms with van der Waals surface area (Å²) < 4.78 is 5.32. The lowest BCUT2D eigenvalue weighted by Crippen LogP contribution is -2.37. The van der Waals surface area contributed by atoms with E-state index in [0.29, 0.717) is 10.9 Å². The summed E-state index contributed by atoms with van der Waals surface area (Å²) >= 11 is 6.41. The molecule has 2 heterocycles. The molecule has 6 heteroatoms. The van der Waals surface area contributed by atoms with Crippen molar-refractivity contribution in [1.29, 1.82) is 0 Å². The fraction of sp³-hybridized carbons (Fsp3) is 0.304. The van der Waals surface area contributed by atoms with Crippen LogP contribution in [0.1, 0.15) is 18.4 Å². The zero-order valence-electron chi connectivity index (χ0n) is 16.4. The predicted molar refractivity (Wildman–Crippen MR) is 116 cm³/mol. The van der Waals surface area contributed by atoms with E-state index in [1.54, 1.807) is 7.11 Å². The Kier molecular flexibility index (Phi) is 5.97. The van der Waals surface area contributed by atoms with E-state index < -0.39 is 0 Å². The van der Waals surface area contributed by atoms with Crippen molar-refractivity contribution in [3.8, 4) is 5.75 Å². The maximum absolute atomic E-state index is 12.7. The van der Waals surface area contributed by atoms with E-state index in [-0.39, 0.29) is 11.8 Å². The molecule has 3 aromatic rings. The van der Waals surface area contributed by atoms with E-state index in [4.69, 9.17) is 16.3 Å². The van der Waals surface area contributed by atoms with Crippen molar-refractivity contribution in [3.05, 3.63) is 65.3 Å². The number of methoxy groups -OCH3 is 1. The number of amides is 1. The number of carbonyl (C=O) groups is 1. The summed E-state index contributed by atoms with van der Waals surface area (Å²) in [6.07, 6.45) is 1.64. The highest BCUT2D eigenvalue weighted by Crippen LogP contribution is 2.27. The molecule has 0 atom stereocenters. The third-order valence-corrected chi connectivity index (χ3v) is 5.79. The number of rotatable bonds is 5. The van der Waals surface area contributed by atoms with Crippen LogP contribution in [-0.2, 0) is 11.3 Å². The smallest absolute Gasteiger partial charge is 0.227 e. The Morgan fingerprint density at radius 2 is 1.90 bits per heavy atom. The first-order chi connectivity index (χ1) is 14.1. The zero-order valence-corrected chi connectivity index (χ0v) is 17.2. The average molecular weight is 410 g/mol. The molecule has 1 saturated heterocycles. The van der Waals surface area contributed by atoms with Gasteiger partial charge in [-0.3, -0.25) is 9.69 Å². The fourth-order valence-corrected chi connectivity index (χ4v) is 4.03. The van der Waals surface area contributed by atoms with Crippen molar-refractivity contribution < 1.29 is 9.53 Å². The van der Waals surface area contributed by atoms with Crippen LogP contribution in [-0.4, -0.2) is 36.0 Å². The zero-order chi connectivity index (χ0) is 20.2. The molecule has 150 valence electrons. The summed E-state index contributed by atoms with van der Waals surface area (Å²) in [6, 6.07) is 17.6. The number of aromatic nitrogens is 1. The van der Waals surface area contributed by atoms with Gasteiger partial charge < -0.3 is 10.1 Å². The molecular weight excluding hydrogens is 386 g/mol. The molecule has 0 radical (unpaired) electrons. The number of anilines is 1. The van der Waals surface area contributed by atoms with Gasteiger partial charge in [0.2, 0.25) is 5.91 Å². The molecule has 1 N–H and O–H groups in total. The number of nitrogens with zero attached hydrogens (tertiary/aromatic N) is 2. The van der Waals surface area contributed by atoms with Crippen LogP contribution < -0.4 is 10.1 Å². The molecular formula is C23H24ClN3O2. The van der Waals surface area contributed by atoms with Crippen LogP contribution >= 0.6 is 11.6 Å². The summed E-state index contributed by atoms with van der Waals surface area (Å²) in [4.78, 5) is 19.5. The van der Waals surface area contributed by atoms with Gasteiger partial charge in [-0.05, 0) is 50.2 Å². The van der Waals surface area contributed by atoms with E-state index in [0.717, 1.165) is 54.6 Å². The summed E-state index contributed by atoms with van der Waals surface area (Å²) in [6.45, 7) is 2.46. The van der Waals surface area contributed by atoms with E-state index in [2.05, 4.69) is 27.3 Å². The molecule has 5 nitrogen and oxygen atoms in total. The van der Waals surface area contributed by atoms with Gasteiger partial charge in [-0.15, -0.1) is 0 Å². The largest absolute Gasteiger partial charge is 0.495 e. The number of hydrogen-bond acceptors (Lipinski definition) is 4. The quantitative estimate of drug-likeness (QED) is 0.618. The maximum atomic E-state index is 12.7. The Morgan fingerprint density at radius 3 is 2.69 bits per heavy atom. The summed E-state index contributed by atoms with van der Waals surface area (Å²) in [7, 11) is 1.61. The lowest BCUT2D eigenvalue weighted by Gasteiger charge is -2.31. The predicted octanol–water partition coefficient (Wildman–Crippen LogP) is 4.75. The second kappa shape index (κ2) is 8.80. The van der Waals surface area contributed by atoms with Gasteiger partial charge >= 0.3 is 0 Å². The standard InChI is InChI=1S/C23H24ClN3O2/c1-29-21-9-5-4-8-20(21)26-23(28)16-10-12-27(13-11-16)15-18-14-17-6-2-3-7-19(17)25-22(18)24/h2-9,14,16H,10-13,15H2,1H3,(H,26,28). The van der Waals surface area contributed by atoms with E-state index in [1.807, 2.05) is 42.5 Å². The minimum Gasteiger partial charge on any atom is -0.495 e. The molecule has 2 aromatic carbocycles. The number of carbonyl (C=O) groups excluding carboxylic acids is 1. The van der Waals surface area contributed by atoms with Crippen LogP contribution in [0.2, 0.25) is 5.15 Å². The fourth-order valence-electron chi connectivity index (χ4n) is 3.82. The topological polar surface area (TPSA) is 54.5 Å². The SMILES string of the molecule is COc1ccccc1NC(=O)C1CCN(Cc2cc3ccccc3nc2Cl)CC1. The summed E-state index contributed by atoms with van der Waals surface area (Å²) in [5, 5.41) is 4.66. The van der Waals surface area contributed by atoms with Crippen LogP contribution in [0.15, 0.2) is 54.6 Å². The number of ether oxygens (including phenoxy) is 1. The second-order valence-corrected chi connectivity index (χ2v) is 7.73. The third kappa shape index (κ3) is 4.52. The molecule has 0 saturated carbocycles. The van der Waals surface area contributed by atoms with Gasteiger partial charge in [-0.25, -0.2) is 4.98 Å². The minimum atomic E-state index is 0.00126. The summed E-state index contributed by atoms with van der Waals surface area (Å²) in [5.74, 6) is 0.734. The molecule has 0 spiro atoms. The van der Waals surface area contributed by atoms with Crippen LogP contribution in [0.3, 0.4) is 0 Å². The molecule has 1 fully saturated rings. The molecule has 1 aliphatic heterocycles. The Hall–Kier alpha value is -2.63. The normalized spacial score (nSPS) is 15.4. The average Bonchev–Trinajstić information content (AvgIpc) is 2.75. The number of pyridine rings is 1. The van der Waals surface area contributed by atoms with Gasteiger partial charge in [0.25, 0.3) is 0 Å². The number of benzene rings is 2. The number of halogens is 1. The van der Waals surface area contributed by atoms with Gasteiger partial charge in [0.15, 0.2) is 0 Å².